The van der Waals surface area contributed by atoms with Gasteiger partial charge >= 0.3 is 0 Å². The van der Waals surface area contributed by atoms with Crippen LogP contribution in [0.2, 0.25) is 0 Å². The first-order valence-electron chi connectivity index (χ1n) is 6.36. The molecule has 0 aromatic heterocycles. The molecular formula is C13H18NO2P. The van der Waals surface area contributed by atoms with E-state index < -0.39 is 7.52 Å². The molecule has 2 aliphatic rings. The number of hydrogen-bond donors (Lipinski definition) is 1. The first kappa shape index (κ1) is 11.5. The maximum atomic E-state index is 12.8. The van der Waals surface area contributed by atoms with Gasteiger partial charge in [0.1, 0.15) is 0 Å². The third kappa shape index (κ3) is 2.20. The summed E-state index contributed by atoms with van der Waals surface area (Å²) < 4.78 is 18.4. The predicted molar refractivity (Wildman–Crippen MR) is 68.5 cm³/mol. The van der Waals surface area contributed by atoms with E-state index in [4.69, 9.17) is 4.52 Å². The van der Waals surface area contributed by atoms with Gasteiger partial charge in [-0.3, -0.25) is 4.57 Å². The lowest BCUT2D eigenvalue weighted by Crippen LogP contribution is -2.45. The van der Waals surface area contributed by atoms with Crippen molar-refractivity contribution in [2.24, 2.45) is 5.92 Å². The average Bonchev–Trinajstić information content (AvgIpc) is 2.40. The van der Waals surface area contributed by atoms with Crippen molar-refractivity contribution in [3.8, 4) is 0 Å². The molecule has 1 N–H and O–H groups in total. The van der Waals surface area contributed by atoms with Gasteiger partial charge in [0.05, 0.1) is 11.9 Å². The van der Waals surface area contributed by atoms with E-state index in [9.17, 15) is 4.57 Å². The normalized spacial score (nSPS) is 37.4. The Balaban J connectivity index is 1.83. The zero-order valence-electron chi connectivity index (χ0n) is 9.84. The maximum Gasteiger partial charge on any atom is 0.299 e. The van der Waals surface area contributed by atoms with Crippen LogP contribution in [0.5, 0.6) is 0 Å². The highest BCUT2D eigenvalue weighted by Gasteiger charge is 2.39. The van der Waals surface area contributed by atoms with Crippen molar-refractivity contribution in [1.82, 2.24) is 5.09 Å². The number of benzene rings is 1. The molecule has 1 saturated heterocycles. The molecule has 0 radical (unpaired) electrons. The second-order valence-corrected chi connectivity index (χ2v) is 7.10. The molecule has 17 heavy (non-hydrogen) atoms. The van der Waals surface area contributed by atoms with Crippen molar-refractivity contribution in [2.75, 3.05) is 6.61 Å². The van der Waals surface area contributed by atoms with E-state index in [1.165, 1.54) is 19.3 Å². The molecular weight excluding hydrogens is 233 g/mol. The van der Waals surface area contributed by atoms with Gasteiger partial charge in [0.15, 0.2) is 0 Å². The average molecular weight is 251 g/mol. The lowest BCUT2D eigenvalue weighted by atomic mass is 9.86. The highest BCUT2D eigenvalue weighted by molar-refractivity contribution is 7.65. The van der Waals surface area contributed by atoms with Gasteiger partial charge in [-0.05, 0) is 30.9 Å². The lowest BCUT2D eigenvalue weighted by Gasteiger charge is -2.39. The second-order valence-electron chi connectivity index (χ2n) is 4.96. The molecule has 1 saturated carbocycles. The standard InChI is InChI=1S/C13H18NO2P/c15-17(12-7-2-1-3-8-12)14-13-9-5-4-6-11(13)10-16-17/h1-3,7-8,11,13H,4-6,9-10H2,(H,14,15)/t11-,13+,17-/m1/s1. The third-order valence-corrected chi connectivity index (χ3v) is 5.97. The van der Waals surface area contributed by atoms with Crippen molar-refractivity contribution in [3.63, 3.8) is 0 Å². The molecule has 0 spiro atoms. The molecule has 1 aliphatic carbocycles. The van der Waals surface area contributed by atoms with Crippen molar-refractivity contribution >= 4 is 12.8 Å². The Bertz CT molecular complexity index is 434. The van der Waals surface area contributed by atoms with E-state index >= 15 is 0 Å². The minimum Gasteiger partial charge on any atom is -0.314 e. The van der Waals surface area contributed by atoms with Crippen LogP contribution in [0.1, 0.15) is 25.7 Å². The zero-order chi connectivity index (χ0) is 11.7. The Morgan fingerprint density at radius 2 is 1.94 bits per heavy atom. The molecule has 1 aliphatic heterocycles. The van der Waals surface area contributed by atoms with Gasteiger partial charge in [0, 0.05) is 6.04 Å². The smallest absolute Gasteiger partial charge is 0.299 e. The van der Waals surface area contributed by atoms with Crippen LogP contribution < -0.4 is 10.4 Å². The van der Waals surface area contributed by atoms with Crippen molar-refractivity contribution in [1.29, 1.82) is 0 Å². The van der Waals surface area contributed by atoms with E-state index in [1.54, 1.807) is 0 Å². The summed E-state index contributed by atoms with van der Waals surface area (Å²) in [6.07, 6.45) is 4.85. The summed E-state index contributed by atoms with van der Waals surface area (Å²) in [5, 5.41) is 4.08. The molecule has 1 aromatic rings. The predicted octanol–water partition coefficient (Wildman–Crippen LogP) is 2.68. The van der Waals surface area contributed by atoms with Crippen molar-refractivity contribution in [2.45, 2.75) is 31.7 Å². The van der Waals surface area contributed by atoms with E-state index in [0.717, 1.165) is 11.7 Å². The van der Waals surface area contributed by atoms with Gasteiger partial charge in [0.2, 0.25) is 0 Å². The summed E-state index contributed by atoms with van der Waals surface area (Å²) in [7, 11) is -2.81. The Hall–Kier alpha value is -0.630. The largest absolute Gasteiger partial charge is 0.314 e. The van der Waals surface area contributed by atoms with Crippen LogP contribution in [-0.2, 0) is 9.09 Å². The number of nitrogens with one attached hydrogen (secondary N) is 1. The van der Waals surface area contributed by atoms with Crippen LogP contribution in [0.25, 0.3) is 0 Å². The molecule has 4 heteroatoms. The minimum atomic E-state index is -2.81. The summed E-state index contributed by atoms with van der Waals surface area (Å²) >= 11 is 0. The monoisotopic (exact) mass is 251 g/mol. The number of hydrogen-bond acceptors (Lipinski definition) is 2. The van der Waals surface area contributed by atoms with Gasteiger partial charge in [-0.15, -0.1) is 0 Å². The number of fused-ring (bicyclic) bond motifs is 1. The van der Waals surface area contributed by atoms with E-state index in [2.05, 4.69) is 5.09 Å². The first-order valence-corrected chi connectivity index (χ1v) is 7.98. The summed E-state index contributed by atoms with van der Waals surface area (Å²) in [4.78, 5) is 0. The quantitative estimate of drug-likeness (QED) is 0.780. The van der Waals surface area contributed by atoms with Crippen molar-refractivity contribution < 1.29 is 9.09 Å². The van der Waals surface area contributed by atoms with Crippen molar-refractivity contribution in [3.05, 3.63) is 30.3 Å². The molecule has 1 aromatic carbocycles. The molecule has 0 amide bonds. The lowest BCUT2D eigenvalue weighted by molar-refractivity contribution is 0.148. The van der Waals surface area contributed by atoms with Crippen LogP contribution in [0.15, 0.2) is 30.3 Å². The second kappa shape index (κ2) is 4.56. The number of rotatable bonds is 1. The van der Waals surface area contributed by atoms with E-state index in [0.29, 0.717) is 18.6 Å². The summed E-state index contributed by atoms with van der Waals surface area (Å²) in [6, 6.07) is 9.90. The molecule has 3 atom stereocenters. The molecule has 0 unspecified atom stereocenters. The van der Waals surface area contributed by atoms with Gasteiger partial charge in [-0.25, -0.2) is 5.09 Å². The SMILES string of the molecule is O=[P@@]1(c2ccccc2)N[C@H]2CCCC[C@@H]2CO1. The van der Waals surface area contributed by atoms with E-state index in [-0.39, 0.29) is 0 Å². The van der Waals surface area contributed by atoms with Crippen LogP contribution in [0.3, 0.4) is 0 Å². The van der Waals surface area contributed by atoms with Gasteiger partial charge in [-0.1, -0.05) is 31.0 Å². The van der Waals surface area contributed by atoms with Crippen LogP contribution in [0.4, 0.5) is 0 Å². The molecule has 2 fully saturated rings. The Morgan fingerprint density at radius 1 is 1.18 bits per heavy atom. The molecule has 1 heterocycles. The Morgan fingerprint density at radius 3 is 2.76 bits per heavy atom. The molecule has 3 nitrogen and oxygen atoms in total. The van der Waals surface area contributed by atoms with Crippen LogP contribution >= 0.6 is 7.52 Å². The highest BCUT2D eigenvalue weighted by Crippen LogP contribution is 2.48. The van der Waals surface area contributed by atoms with Gasteiger partial charge < -0.3 is 4.52 Å². The summed E-state index contributed by atoms with van der Waals surface area (Å²) in [5.74, 6) is 0.550. The fraction of sp³-hybridized carbons (Fsp3) is 0.538. The Labute approximate surface area is 102 Å². The molecule has 0 bridgehead atoms. The maximum absolute atomic E-state index is 12.8. The van der Waals surface area contributed by atoms with Crippen LogP contribution in [0, 0.1) is 5.92 Å². The topological polar surface area (TPSA) is 38.3 Å². The minimum absolute atomic E-state index is 0.378. The highest BCUT2D eigenvalue weighted by atomic mass is 31.2. The fourth-order valence-electron chi connectivity index (χ4n) is 2.81. The zero-order valence-corrected chi connectivity index (χ0v) is 10.7. The molecule has 3 rings (SSSR count). The van der Waals surface area contributed by atoms with Crippen LogP contribution in [-0.4, -0.2) is 12.6 Å². The third-order valence-electron chi connectivity index (χ3n) is 3.81. The van der Waals surface area contributed by atoms with E-state index in [1.807, 2.05) is 30.3 Å². The Kier molecular flexibility index (Phi) is 3.08. The van der Waals surface area contributed by atoms with Gasteiger partial charge in [-0.2, -0.15) is 0 Å². The summed E-state index contributed by atoms with van der Waals surface area (Å²) in [5.41, 5.74) is 0. The first-order chi connectivity index (χ1) is 8.28. The summed E-state index contributed by atoms with van der Waals surface area (Å²) in [6.45, 7) is 0.643. The fourth-order valence-corrected chi connectivity index (χ4v) is 4.92. The molecule has 92 valence electrons. The van der Waals surface area contributed by atoms with Gasteiger partial charge in [0.25, 0.3) is 7.52 Å².